The van der Waals surface area contributed by atoms with Gasteiger partial charge in [-0.05, 0) is 42.4 Å². The van der Waals surface area contributed by atoms with Crippen LogP contribution < -0.4 is 10.6 Å². The Bertz CT molecular complexity index is 846. The summed E-state index contributed by atoms with van der Waals surface area (Å²) in [4.78, 5) is 23.2. The van der Waals surface area contributed by atoms with Gasteiger partial charge in [0, 0.05) is 31.1 Å². The first-order chi connectivity index (χ1) is 13.3. The van der Waals surface area contributed by atoms with Crippen LogP contribution in [0.5, 0.6) is 0 Å². The quantitative estimate of drug-likeness (QED) is 0.834. The van der Waals surface area contributed by atoms with Gasteiger partial charge in [-0.3, -0.25) is 9.59 Å². The fourth-order valence-electron chi connectivity index (χ4n) is 3.65. The average Bonchev–Trinajstić information content (AvgIpc) is 3.06. The first-order valence-corrected chi connectivity index (χ1v) is 9.97. The summed E-state index contributed by atoms with van der Waals surface area (Å²) < 4.78 is 2.00. The van der Waals surface area contributed by atoms with Crippen LogP contribution in [0.15, 0.2) is 30.5 Å². The lowest BCUT2D eigenvalue weighted by Crippen LogP contribution is -2.33. The Labute approximate surface area is 166 Å². The molecular weight excluding hydrogens is 352 g/mol. The van der Waals surface area contributed by atoms with Gasteiger partial charge >= 0.3 is 0 Å². The Kier molecular flexibility index (Phi) is 5.87. The van der Waals surface area contributed by atoms with Crippen LogP contribution in [0.3, 0.4) is 0 Å². The molecule has 1 aliphatic carbocycles. The van der Waals surface area contributed by atoms with Crippen LogP contribution in [0.4, 0.5) is 0 Å². The maximum atomic E-state index is 12.2. The molecule has 150 valence electrons. The van der Waals surface area contributed by atoms with Crippen molar-refractivity contribution >= 4 is 11.8 Å². The Morgan fingerprint density at radius 1 is 1.21 bits per heavy atom. The molecule has 0 radical (unpaired) electrons. The third kappa shape index (κ3) is 4.61. The van der Waals surface area contributed by atoms with Gasteiger partial charge in [0.25, 0.3) is 0 Å². The van der Waals surface area contributed by atoms with Gasteiger partial charge in [0.1, 0.15) is 0 Å². The van der Waals surface area contributed by atoms with Crippen LogP contribution in [0.25, 0.3) is 5.69 Å². The van der Waals surface area contributed by atoms with Crippen molar-refractivity contribution < 1.29 is 9.59 Å². The molecule has 1 heterocycles. The second kappa shape index (κ2) is 8.17. The van der Waals surface area contributed by atoms with Crippen LogP contribution in [0, 0.1) is 0 Å². The molecule has 3 rings (SSSR count). The molecule has 2 N–H and O–H groups in total. The number of amides is 2. The number of fused-ring (bicyclic) bond motifs is 1. The minimum absolute atomic E-state index is 0.0174. The highest BCUT2D eigenvalue weighted by Crippen LogP contribution is 2.31. The smallest absolute Gasteiger partial charge is 0.222 e. The first kappa shape index (κ1) is 20.1. The number of rotatable bonds is 5. The first-order valence-electron chi connectivity index (χ1n) is 9.97. The molecule has 0 aliphatic heterocycles. The zero-order chi connectivity index (χ0) is 20.3. The third-order valence-corrected chi connectivity index (χ3v) is 5.22. The van der Waals surface area contributed by atoms with Crippen LogP contribution >= 0.6 is 0 Å². The average molecular weight is 383 g/mol. The van der Waals surface area contributed by atoms with E-state index in [1.165, 1.54) is 18.2 Å². The van der Waals surface area contributed by atoms with E-state index in [4.69, 9.17) is 0 Å². The SMILES string of the molecule is CC(=O)NCCC(=O)NC1CCCc2c1cnn2-c1ccc(C(C)(C)C)cc1. The van der Waals surface area contributed by atoms with E-state index in [0.717, 1.165) is 30.5 Å². The number of nitrogens with zero attached hydrogens (tertiary/aromatic N) is 2. The Balaban J connectivity index is 1.73. The summed E-state index contributed by atoms with van der Waals surface area (Å²) in [6, 6.07) is 8.53. The van der Waals surface area contributed by atoms with Crippen molar-refractivity contribution in [1.82, 2.24) is 20.4 Å². The van der Waals surface area contributed by atoms with Crippen LogP contribution in [0.2, 0.25) is 0 Å². The van der Waals surface area contributed by atoms with E-state index < -0.39 is 0 Å². The molecule has 0 fully saturated rings. The molecule has 1 atom stereocenters. The summed E-state index contributed by atoms with van der Waals surface area (Å²) >= 11 is 0. The lowest BCUT2D eigenvalue weighted by Gasteiger charge is -2.24. The minimum atomic E-state index is -0.119. The van der Waals surface area contributed by atoms with Gasteiger partial charge in [-0.1, -0.05) is 32.9 Å². The number of aromatic nitrogens is 2. The predicted octanol–water partition coefficient (Wildman–Crippen LogP) is 3.19. The second-order valence-electron chi connectivity index (χ2n) is 8.50. The molecule has 0 bridgehead atoms. The van der Waals surface area contributed by atoms with E-state index in [9.17, 15) is 9.59 Å². The van der Waals surface area contributed by atoms with E-state index in [-0.39, 0.29) is 29.7 Å². The van der Waals surface area contributed by atoms with Crippen molar-refractivity contribution in [3.63, 3.8) is 0 Å². The van der Waals surface area contributed by atoms with Gasteiger partial charge < -0.3 is 10.6 Å². The van der Waals surface area contributed by atoms with Gasteiger partial charge in [-0.2, -0.15) is 5.10 Å². The summed E-state index contributed by atoms with van der Waals surface area (Å²) in [6.07, 6.45) is 5.04. The maximum absolute atomic E-state index is 12.2. The van der Waals surface area contributed by atoms with E-state index >= 15 is 0 Å². The van der Waals surface area contributed by atoms with Crippen molar-refractivity contribution in [2.45, 2.75) is 64.8 Å². The summed E-state index contributed by atoms with van der Waals surface area (Å²) in [5.41, 5.74) is 4.73. The van der Waals surface area contributed by atoms with Gasteiger partial charge in [-0.15, -0.1) is 0 Å². The number of hydrogen-bond donors (Lipinski definition) is 2. The van der Waals surface area contributed by atoms with Crippen LogP contribution in [-0.2, 0) is 21.4 Å². The van der Waals surface area contributed by atoms with Crippen molar-refractivity contribution in [2.24, 2.45) is 0 Å². The molecule has 6 nitrogen and oxygen atoms in total. The third-order valence-electron chi connectivity index (χ3n) is 5.22. The molecule has 0 saturated heterocycles. The van der Waals surface area contributed by atoms with Gasteiger partial charge in [0.05, 0.1) is 17.9 Å². The molecule has 1 aromatic carbocycles. The molecule has 1 aromatic heterocycles. The van der Waals surface area contributed by atoms with E-state index in [2.05, 4.69) is 60.8 Å². The minimum Gasteiger partial charge on any atom is -0.356 e. The molecule has 2 aromatic rings. The number of nitrogens with one attached hydrogen (secondary N) is 2. The van der Waals surface area contributed by atoms with E-state index in [1.807, 2.05) is 10.9 Å². The zero-order valence-electron chi connectivity index (χ0n) is 17.2. The fourth-order valence-corrected chi connectivity index (χ4v) is 3.65. The molecule has 0 saturated carbocycles. The zero-order valence-corrected chi connectivity index (χ0v) is 17.2. The van der Waals surface area contributed by atoms with Gasteiger partial charge in [-0.25, -0.2) is 4.68 Å². The van der Waals surface area contributed by atoms with Crippen LogP contribution in [-0.4, -0.2) is 28.1 Å². The second-order valence-corrected chi connectivity index (χ2v) is 8.50. The van der Waals surface area contributed by atoms with Crippen LogP contribution in [0.1, 0.15) is 69.8 Å². The summed E-state index contributed by atoms with van der Waals surface area (Å²) in [6.45, 7) is 8.43. The highest BCUT2D eigenvalue weighted by atomic mass is 16.2. The Hall–Kier alpha value is -2.63. The summed E-state index contributed by atoms with van der Waals surface area (Å²) in [5.74, 6) is -0.166. The highest BCUT2D eigenvalue weighted by Gasteiger charge is 2.26. The number of carbonyl (C=O) groups is 2. The lowest BCUT2D eigenvalue weighted by molar-refractivity contribution is -0.122. The standard InChI is InChI=1S/C22H30N4O2/c1-15(27)23-13-12-21(28)25-19-6-5-7-20-18(19)14-24-26(20)17-10-8-16(9-11-17)22(2,3)4/h8-11,14,19H,5-7,12-13H2,1-4H3,(H,23,27)(H,25,28). The molecule has 1 unspecified atom stereocenters. The molecule has 28 heavy (non-hydrogen) atoms. The molecule has 1 aliphatic rings. The Morgan fingerprint density at radius 3 is 2.57 bits per heavy atom. The summed E-state index contributed by atoms with van der Waals surface area (Å²) in [5, 5.41) is 10.4. The summed E-state index contributed by atoms with van der Waals surface area (Å²) in [7, 11) is 0. The highest BCUT2D eigenvalue weighted by molar-refractivity contribution is 5.78. The monoisotopic (exact) mass is 382 g/mol. The van der Waals surface area contributed by atoms with Crippen molar-refractivity contribution in [3.05, 3.63) is 47.3 Å². The van der Waals surface area contributed by atoms with E-state index in [1.54, 1.807) is 0 Å². The van der Waals surface area contributed by atoms with Crippen molar-refractivity contribution in [1.29, 1.82) is 0 Å². The van der Waals surface area contributed by atoms with Gasteiger partial charge in [0.2, 0.25) is 11.8 Å². The topological polar surface area (TPSA) is 76.0 Å². The van der Waals surface area contributed by atoms with Crippen molar-refractivity contribution in [2.75, 3.05) is 6.54 Å². The molecule has 6 heteroatoms. The predicted molar refractivity (Wildman–Crippen MR) is 109 cm³/mol. The maximum Gasteiger partial charge on any atom is 0.222 e. The van der Waals surface area contributed by atoms with Crippen molar-refractivity contribution in [3.8, 4) is 5.69 Å². The van der Waals surface area contributed by atoms with E-state index in [0.29, 0.717) is 6.54 Å². The lowest BCUT2D eigenvalue weighted by atomic mass is 9.87. The number of hydrogen-bond acceptors (Lipinski definition) is 3. The number of benzene rings is 1. The Morgan fingerprint density at radius 2 is 1.93 bits per heavy atom. The number of carbonyl (C=O) groups excluding carboxylic acids is 2. The normalized spacial score (nSPS) is 16.4. The fraction of sp³-hybridized carbons (Fsp3) is 0.500. The largest absolute Gasteiger partial charge is 0.356 e. The van der Waals surface area contributed by atoms with Gasteiger partial charge in [0.15, 0.2) is 0 Å². The molecular formula is C22H30N4O2. The molecule has 2 amide bonds. The molecule has 0 spiro atoms.